The topological polar surface area (TPSA) is 169 Å². The van der Waals surface area contributed by atoms with Crippen molar-refractivity contribution >= 4 is 25.7 Å². The lowest BCUT2D eigenvalue weighted by Crippen LogP contribution is -2.43. The van der Waals surface area contributed by atoms with Crippen molar-refractivity contribution in [3.63, 3.8) is 0 Å². The lowest BCUT2D eigenvalue weighted by atomic mass is 10.0. The standard InChI is InChI=1S/C36H70NO10P/c1-3-5-7-9-11-13-15-16-18-20-22-24-26-28-35(40)45-29-32(38)30-46-48(43,44)47-31-33(36(41)42)37-34(39)27-25-23-21-19-17-14-12-10-8-6-4-2/h32-33,38H,3-31H2,1-2H3,(H,37,39)(H,41,42)(H,43,44). The molecule has 4 N–H and O–H groups in total. The number of phosphoric acid groups is 1. The third-order valence-electron chi connectivity index (χ3n) is 8.40. The largest absolute Gasteiger partial charge is 0.480 e. The molecule has 12 heteroatoms. The van der Waals surface area contributed by atoms with Gasteiger partial charge in [0.25, 0.3) is 0 Å². The van der Waals surface area contributed by atoms with Crippen molar-refractivity contribution in [2.45, 2.75) is 193 Å². The van der Waals surface area contributed by atoms with Gasteiger partial charge in [-0.15, -0.1) is 0 Å². The first-order valence-electron chi connectivity index (χ1n) is 19.1. The van der Waals surface area contributed by atoms with Crippen LogP contribution in [0.1, 0.15) is 181 Å². The van der Waals surface area contributed by atoms with Crippen molar-refractivity contribution in [2.75, 3.05) is 19.8 Å². The third-order valence-corrected chi connectivity index (χ3v) is 9.35. The summed E-state index contributed by atoms with van der Waals surface area (Å²) in [6, 6.07) is -1.54. The van der Waals surface area contributed by atoms with Crippen molar-refractivity contribution in [2.24, 2.45) is 0 Å². The minimum atomic E-state index is -4.74. The van der Waals surface area contributed by atoms with Gasteiger partial charge in [0.05, 0.1) is 13.2 Å². The van der Waals surface area contributed by atoms with Gasteiger partial charge in [-0.05, 0) is 12.8 Å². The van der Waals surface area contributed by atoms with E-state index in [1.54, 1.807) is 0 Å². The number of ether oxygens (including phenoxy) is 1. The molecule has 0 saturated heterocycles. The number of hydrogen-bond acceptors (Lipinski definition) is 8. The Morgan fingerprint density at radius 3 is 1.38 bits per heavy atom. The number of amides is 1. The van der Waals surface area contributed by atoms with E-state index in [0.29, 0.717) is 12.8 Å². The summed E-state index contributed by atoms with van der Waals surface area (Å²) in [6.07, 6.45) is 27.1. The Labute approximate surface area is 291 Å². The van der Waals surface area contributed by atoms with E-state index in [9.17, 15) is 34.1 Å². The summed E-state index contributed by atoms with van der Waals surface area (Å²) in [5.74, 6) is -2.36. The predicted molar refractivity (Wildman–Crippen MR) is 190 cm³/mol. The number of phosphoric ester groups is 1. The maximum Gasteiger partial charge on any atom is 0.472 e. The Balaban J connectivity index is 3.94. The molecule has 0 aliphatic heterocycles. The Kier molecular flexibility index (Phi) is 31.6. The Morgan fingerprint density at radius 2 is 0.958 bits per heavy atom. The van der Waals surface area contributed by atoms with Crippen molar-refractivity contribution in [3.05, 3.63) is 0 Å². The lowest BCUT2D eigenvalue weighted by molar-refractivity contribution is -0.147. The van der Waals surface area contributed by atoms with Gasteiger partial charge in [-0.2, -0.15) is 0 Å². The molecule has 11 nitrogen and oxygen atoms in total. The van der Waals surface area contributed by atoms with Gasteiger partial charge in [0.15, 0.2) is 6.04 Å². The number of hydrogen-bond donors (Lipinski definition) is 4. The number of carbonyl (C=O) groups excluding carboxylic acids is 2. The summed E-state index contributed by atoms with van der Waals surface area (Å²) in [7, 11) is -4.74. The highest BCUT2D eigenvalue weighted by Gasteiger charge is 2.28. The average molecular weight is 708 g/mol. The van der Waals surface area contributed by atoms with Crippen LogP contribution in [0.5, 0.6) is 0 Å². The number of esters is 1. The summed E-state index contributed by atoms with van der Waals surface area (Å²) < 4.78 is 26.7. The molecular weight excluding hydrogens is 637 g/mol. The molecular formula is C36H70NO10P. The normalized spacial score (nSPS) is 13.9. The van der Waals surface area contributed by atoms with Crippen LogP contribution in [0, 0.1) is 0 Å². The predicted octanol–water partition coefficient (Wildman–Crippen LogP) is 8.78. The fourth-order valence-electron chi connectivity index (χ4n) is 5.37. The van der Waals surface area contributed by atoms with E-state index >= 15 is 0 Å². The average Bonchev–Trinajstić information content (AvgIpc) is 3.05. The molecule has 0 saturated carbocycles. The van der Waals surface area contributed by atoms with Crippen LogP contribution in [-0.2, 0) is 32.7 Å². The number of rotatable bonds is 36. The van der Waals surface area contributed by atoms with Gasteiger partial charge in [-0.3, -0.25) is 18.6 Å². The van der Waals surface area contributed by atoms with Gasteiger partial charge in [-0.25, -0.2) is 9.36 Å². The fourth-order valence-corrected chi connectivity index (χ4v) is 6.15. The van der Waals surface area contributed by atoms with E-state index in [0.717, 1.165) is 38.5 Å². The third kappa shape index (κ3) is 31.7. The number of nitrogens with one attached hydrogen (secondary N) is 1. The number of aliphatic carboxylic acids is 1. The molecule has 0 spiro atoms. The number of carbonyl (C=O) groups is 3. The van der Waals surface area contributed by atoms with E-state index in [-0.39, 0.29) is 12.8 Å². The summed E-state index contributed by atoms with van der Waals surface area (Å²) in [5, 5.41) is 21.7. The van der Waals surface area contributed by atoms with Crippen LogP contribution >= 0.6 is 7.82 Å². The van der Waals surface area contributed by atoms with Crippen LogP contribution < -0.4 is 5.32 Å². The van der Waals surface area contributed by atoms with Crippen LogP contribution in [0.3, 0.4) is 0 Å². The molecule has 0 aromatic rings. The minimum absolute atomic E-state index is 0.151. The molecule has 0 bridgehead atoms. The van der Waals surface area contributed by atoms with E-state index < -0.39 is 57.6 Å². The highest BCUT2D eigenvalue weighted by molar-refractivity contribution is 7.47. The maximum absolute atomic E-state index is 12.2. The van der Waals surface area contributed by atoms with Crippen LogP contribution in [0.2, 0.25) is 0 Å². The van der Waals surface area contributed by atoms with E-state index in [2.05, 4.69) is 19.2 Å². The Hall–Kier alpha value is -1.52. The van der Waals surface area contributed by atoms with Crippen molar-refractivity contribution in [1.29, 1.82) is 0 Å². The van der Waals surface area contributed by atoms with Gasteiger partial charge in [0, 0.05) is 12.8 Å². The molecule has 0 aromatic heterocycles. The Morgan fingerprint density at radius 1 is 0.583 bits per heavy atom. The molecule has 0 aliphatic rings. The number of unbranched alkanes of at least 4 members (excludes halogenated alkanes) is 22. The molecule has 0 heterocycles. The SMILES string of the molecule is CCCCCCCCCCCCCCCC(=O)OCC(O)COP(=O)(O)OCC(NC(=O)CCCCCCCCCCCCC)C(=O)O. The maximum atomic E-state index is 12.2. The zero-order chi connectivity index (χ0) is 35.7. The lowest BCUT2D eigenvalue weighted by Gasteiger charge is -2.18. The summed E-state index contributed by atoms with van der Waals surface area (Å²) in [5.41, 5.74) is 0. The van der Waals surface area contributed by atoms with Crippen LogP contribution in [-0.4, -0.2) is 64.9 Å². The van der Waals surface area contributed by atoms with Crippen LogP contribution in [0.15, 0.2) is 0 Å². The minimum Gasteiger partial charge on any atom is -0.480 e. The first-order chi connectivity index (χ1) is 23.1. The van der Waals surface area contributed by atoms with Gasteiger partial charge in [-0.1, -0.05) is 155 Å². The second-order valence-corrected chi connectivity index (χ2v) is 14.6. The van der Waals surface area contributed by atoms with Gasteiger partial charge >= 0.3 is 19.8 Å². The molecule has 3 atom stereocenters. The molecule has 284 valence electrons. The van der Waals surface area contributed by atoms with E-state index in [4.69, 9.17) is 13.8 Å². The summed E-state index contributed by atoms with van der Waals surface area (Å²) >= 11 is 0. The number of aliphatic hydroxyl groups is 1. The van der Waals surface area contributed by atoms with E-state index in [1.807, 2.05) is 0 Å². The smallest absolute Gasteiger partial charge is 0.472 e. The molecule has 1 amide bonds. The second kappa shape index (κ2) is 32.7. The molecule has 0 aliphatic carbocycles. The Bertz CT molecular complexity index is 844. The monoisotopic (exact) mass is 707 g/mol. The van der Waals surface area contributed by atoms with Gasteiger partial charge in [0.1, 0.15) is 12.7 Å². The number of aliphatic hydroxyl groups excluding tert-OH is 1. The second-order valence-electron chi connectivity index (χ2n) is 13.1. The molecule has 0 radical (unpaired) electrons. The van der Waals surface area contributed by atoms with Gasteiger partial charge in [0.2, 0.25) is 5.91 Å². The fraction of sp³-hybridized carbons (Fsp3) is 0.917. The molecule has 0 rings (SSSR count). The van der Waals surface area contributed by atoms with Gasteiger partial charge < -0.3 is 25.2 Å². The molecule has 0 aromatic carbocycles. The quantitative estimate of drug-likeness (QED) is 0.0281. The van der Waals surface area contributed by atoms with E-state index in [1.165, 1.54) is 103 Å². The summed E-state index contributed by atoms with van der Waals surface area (Å²) in [4.78, 5) is 45.6. The first-order valence-corrected chi connectivity index (χ1v) is 20.6. The highest BCUT2D eigenvalue weighted by Crippen LogP contribution is 2.43. The van der Waals surface area contributed by atoms with Crippen molar-refractivity contribution < 1.29 is 47.8 Å². The zero-order valence-corrected chi connectivity index (χ0v) is 31.2. The molecule has 0 fully saturated rings. The van der Waals surface area contributed by atoms with Crippen LogP contribution in [0.4, 0.5) is 0 Å². The number of carboxylic acid groups (broad SMARTS) is 1. The van der Waals surface area contributed by atoms with Crippen molar-refractivity contribution in [1.82, 2.24) is 5.32 Å². The molecule has 48 heavy (non-hydrogen) atoms. The van der Waals surface area contributed by atoms with Crippen LogP contribution in [0.25, 0.3) is 0 Å². The number of carboxylic acids is 1. The zero-order valence-electron chi connectivity index (χ0n) is 30.3. The first kappa shape index (κ1) is 46.5. The van der Waals surface area contributed by atoms with Crippen molar-refractivity contribution in [3.8, 4) is 0 Å². The summed E-state index contributed by atoms with van der Waals surface area (Å²) in [6.45, 7) is 2.57. The molecule has 3 unspecified atom stereocenters. The highest BCUT2D eigenvalue weighted by atomic mass is 31.2.